The first-order valence-corrected chi connectivity index (χ1v) is 12.0. The van der Waals surface area contributed by atoms with Crippen LogP contribution in [-0.4, -0.2) is 53.1 Å². The molecule has 0 amide bonds. The Morgan fingerprint density at radius 1 is 1.18 bits per heavy atom. The summed E-state index contributed by atoms with van der Waals surface area (Å²) in [6, 6.07) is 5.24. The molecule has 1 unspecified atom stereocenters. The van der Waals surface area contributed by atoms with E-state index in [9.17, 15) is 18.8 Å². The van der Waals surface area contributed by atoms with Crippen LogP contribution in [-0.2, 0) is 14.9 Å². The molecule has 4 aromatic rings. The van der Waals surface area contributed by atoms with Crippen LogP contribution in [0.2, 0.25) is 5.02 Å². The Balaban J connectivity index is 1.33. The average Bonchev–Trinajstić information content (AvgIpc) is 3.33. The van der Waals surface area contributed by atoms with Crippen molar-refractivity contribution in [1.82, 2.24) is 34.7 Å². The number of fused-ring (bicyclic) bond motifs is 2. The van der Waals surface area contributed by atoms with Gasteiger partial charge in [-0.15, -0.1) is 5.10 Å². The van der Waals surface area contributed by atoms with E-state index in [0.29, 0.717) is 18.7 Å². The highest BCUT2D eigenvalue weighted by Crippen LogP contribution is 2.57. The molecule has 1 fully saturated rings. The molecule has 15 heteroatoms. The van der Waals surface area contributed by atoms with E-state index in [1.54, 1.807) is 0 Å². The molecule has 0 radical (unpaired) electrons. The van der Waals surface area contributed by atoms with Crippen LogP contribution in [0, 0.1) is 11.8 Å². The van der Waals surface area contributed by atoms with E-state index in [-0.39, 0.29) is 39.8 Å². The number of aromatic nitrogens is 7. The van der Waals surface area contributed by atoms with Gasteiger partial charge in [-0.2, -0.15) is 9.07 Å². The number of hydrogen-bond donors (Lipinski definition) is 1. The van der Waals surface area contributed by atoms with E-state index < -0.39 is 47.1 Å². The van der Waals surface area contributed by atoms with E-state index in [1.165, 1.54) is 33.8 Å². The van der Waals surface area contributed by atoms with Crippen molar-refractivity contribution in [2.45, 2.75) is 30.7 Å². The van der Waals surface area contributed by atoms with Gasteiger partial charge < -0.3 is 10.5 Å². The molecule has 6 rings (SSSR count). The van der Waals surface area contributed by atoms with Gasteiger partial charge in [-0.25, -0.2) is 19.2 Å². The van der Waals surface area contributed by atoms with Gasteiger partial charge in [0, 0.05) is 11.5 Å². The van der Waals surface area contributed by atoms with Gasteiger partial charge in [0.05, 0.1) is 27.5 Å². The van der Waals surface area contributed by atoms with E-state index in [4.69, 9.17) is 22.1 Å². The van der Waals surface area contributed by atoms with Crippen LogP contribution in [0.5, 0.6) is 0 Å². The minimum Gasteiger partial charge on any atom is -0.456 e. The number of carbonyl (C=O) groups excluding carboxylic acids is 2. The van der Waals surface area contributed by atoms with Crippen molar-refractivity contribution >= 4 is 29.2 Å². The number of ether oxygens (including phenoxy) is 1. The third-order valence-corrected chi connectivity index (χ3v) is 7.18. The minimum atomic E-state index is -1.08. The number of carbonyl (C=O) groups is 2. The van der Waals surface area contributed by atoms with Crippen LogP contribution < -0.4 is 11.3 Å². The Morgan fingerprint density at radius 2 is 1.97 bits per heavy atom. The van der Waals surface area contributed by atoms with Gasteiger partial charge in [-0.3, -0.25) is 14.2 Å². The molecule has 12 nitrogen and oxygen atoms in total. The molecule has 1 saturated carbocycles. The van der Waals surface area contributed by atoms with Gasteiger partial charge in [0.1, 0.15) is 24.0 Å². The van der Waals surface area contributed by atoms with E-state index in [1.807, 2.05) is 0 Å². The maximum absolute atomic E-state index is 15.3. The number of nitrogens with zero attached hydrogens (tertiary/aromatic N) is 7. The molecule has 2 N–H and O–H groups in total. The van der Waals surface area contributed by atoms with Crippen molar-refractivity contribution in [2.24, 2.45) is 0 Å². The predicted octanol–water partition coefficient (Wildman–Crippen LogP) is 2.20. The lowest BCUT2D eigenvalue weighted by atomic mass is 10.0. The number of nitrogens with two attached hydrogens (primary N) is 1. The second kappa shape index (κ2) is 9.01. The third kappa shape index (κ3) is 4.12. The van der Waals surface area contributed by atoms with Gasteiger partial charge in [0.2, 0.25) is 11.7 Å². The summed E-state index contributed by atoms with van der Waals surface area (Å²) in [7, 11) is 0. The van der Waals surface area contributed by atoms with Gasteiger partial charge >= 0.3 is 5.97 Å². The standard InChI is InChI=1S/C24H17ClF2N8O4/c25-12-2-3-14(34-10-29-32-33-34)19(20(12)26)13-7-18(37)35-15(8-24(5-6-24)23(35)30-13)22(38)39-9-16(36)11-1-4-17(28)31-21(11)27/h1-4,7,10,15H,5-6,8-9H2,(H2,28,31). The zero-order chi connectivity index (χ0) is 27.5. The van der Waals surface area contributed by atoms with Gasteiger partial charge in [0.25, 0.3) is 5.56 Å². The molecule has 1 aliphatic carbocycles. The SMILES string of the molecule is Nc1ccc(C(=O)COC(=O)C2CC3(CC3)c3nc(-c4c(-n5cnnn5)ccc(Cl)c4F)cc(=O)n32)c(F)n1. The molecule has 4 heterocycles. The molecule has 1 aliphatic heterocycles. The van der Waals surface area contributed by atoms with Gasteiger partial charge in [-0.05, 0) is 54.0 Å². The number of hydrogen-bond acceptors (Lipinski definition) is 10. The lowest BCUT2D eigenvalue weighted by molar-refractivity contribution is -0.146. The number of tetrazole rings is 1. The largest absolute Gasteiger partial charge is 0.456 e. The van der Waals surface area contributed by atoms with Crippen LogP contribution in [0.1, 0.15) is 41.5 Å². The highest BCUT2D eigenvalue weighted by Gasteiger charge is 2.56. The highest BCUT2D eigenvalue weighted by molar-refractivity contribution is 6.31. The Kier molecular flexibility index (Phi) is 5.71. The summed E-state index contributed by atoms with van der Waals surface area (Å²) in [4.78, 5) is 46.7. The summed E-state index contributed by atoms with van der Waals surface area (Å²) in [6.07, 6.45) is 2.76. The normalized spacial score (nSPS) is 16.7. The number of rotatable bonds is 6. The fourth-order valence-electron chi connectivity index (χ4n) is 4.83. The Hall–Kier alpha value is -4.59. The Bertz CT molecular complexity index is 1720. The number of esters is 1. The summed E-state index contributed by atoms with van der Waals surface area (Å²) >= 11 is 6.04. The number of Topliss-reactive ketones (excluding diaryl/α,β-unsaturated/α-hetero) is 1. The summed E-state index contributed by atoms with van der Waals surface area (Å²) in [5.74, 6) is -3.37. The van der Waals surface area contributed by atoms with Gasteiger partial charge in [0.15, 0.2) is 12.4 Å². The van der Waals surface area contributed by atoms with Crippen molar-refractivity contribution < 1.29 is 23.1 Å². The second-order valence-electron chi connectivity index (χ2n) is 9.29. The van der Waals surface area contributed by atoms with Crippen molar-refractivity contribution in [3.05, 3.63) is 75.2 Å². The van der Waals surface area contributed by atoms with Crippen molar-refractivity contribution in [3.8, 4) is 16.9 Å². The van der Waals surface area contributed by atoms with Crippen LogP contribution >= 0.6 is 11.6 Å². The molecule has 39 heavy (non-hydrogen) atoms. The number of ketones is 1. The zero-order valence-corrected chi connectivity index (χ0v) is 20.6. The fraction of sp³-hybridized carbons (Fsp3) is 0.250. The Labute approximate surface area is 222 Å². The molecule has 0 saturated heterocycles. The fourth-order valence-corrected chi connectivity index (χ4v) is 4.99. The zero-order valence-electron chi connectivity index (χ0n) is 19.8. The second-order valence-corrected chi connectivity index (χ2v) is 9.70. The first-order chi connectivity index (χ1) is 18.7. The lowest BCUT2D eigenvalue weighted by Crippen LogP contribution is -2.30. The van der Waals surface area contributed by atoms with Crippen LogP contribution in [0.25, 0.3) is 16.9 Å². The number of nitrogen functional groups attached to an aromatic ring is 1. The summed E-state index contributed by atoms with van der Waals surface area (Å²) < 4.78 is 36.9. The van der Waals surface area contributed by atoms with E-state index in [0.717, 1.165) is 12.1 Å². The predicted molar refractivity (Wildman–Crippen MR) is 130 cm³/mol. The highest BCUT2D eigenvalue weighted by atomic mass is 35.5. The van der Waals surface area contributed by atoms with E-state index >= 15 is 4.39 Å². The van der Waals surface area contributed by atoms with Gasteiger partial charge in [-0.1, -0.05) is 11.6 Å². The van der Waals surface area contributed by atoms with Crippen molar-refractivity contribution in [3.63, 3.8) is 0 Å². The molecular formula is C24H17ClF2N8O4. The maximum Gasteiger partial charge on any atom is 0.329 e. The van der Waals surface area contributed by atoms with Crippen molar-refractivity contribution in [2.75, 3.05) is 12.3 Å². The summed E-state index contributed by atoms with van der Waals surface area (Å²) in [6.45, 7) is -0.760. The number of benzene rings is 1. The molecule has 0 bridgehead atoms. The number of halogens is 3. The molecule has 1 atom stereocenters. The molecule has 1 spiro atoms. The van der Waals surface area contributed by atoms with E-state index in [2.05, 4.69) is 25.5 Å². The van der Waals surface area contributed by atoms with Crippen LogP contribution in [0.15, 0.2) is 41.5 Å². The molecule has 198 valence electrons. The van der Waals surface area contributed by atoms with Crippen LogP contribution in [0.4, 0.5) is 14.6 Å². The molecule has 1 aromatic carbocycles. The Morgan fingerprint density at radius 3 is 2.67 bits per heavy atom. The molecular weight excluding hydrogens is 538 g/mol. The average molecular weight is 555 g/mol. The molecule has 2 aliphatic rings. The summed E-state index contributed by atoms with van der Waals surface area (Å²) in [5.41, 5.74) is 3.93. The monoisotopic (exact) mass is 554 g/mol. The van der Waals surface area contributed by atoms with Crippen LogP contribution in [0.3, 0.4) is 0 Å². The third-order valence-electron chi connectivity index (χ3n) is 6.89. The first-order valence-electron chi connectivity index (χ1n) is 11.7. The quantitative estimate of drug-likeness (QED) is 0.212. The maximum atomic E-state index is 15.3. The molecule has 3 aromatic heterocycles. The number of pyridine rings is 1. The minimum absolute atomic E-state index is 0.00135. The first kappa shape index (κ1) is 24.7. The number of anilines is 1. The smallest absolute Gasteiger partial charge is 0.329 e. The summed E-state index contributed by atoms with van der Waals surface area (Å²) in [5, 5.41) is 10.7. The van der Waals surface area contributed by atoms with Crippen molar-refractivity contribution in [1.29, 1.82) is 0 Å². The lowest BCUT2D eigenvalue weighted by Gasteiger charge is -2.15. The topological polar surface area (TPSA) is 161 Å².